The normalized spacial score (nSPS) is 18.1. The summed E-state index contributed by atoms with van der Waals surface area (Å²) in [5.41, 5.74) is 1.95. The molecular weight excluding hydrogens is 316 g/mol. The van der Waals surface area contributed by atoms with Crippen molar-refractivity contribution in [2.45, 2.75) is 19.4 Å². The topological polar surface area (TPSA) is 51.7 Å². The van der Waals surface area contributed by atoms with Gasteiger partial charge in [-0.2, -0.15) is 0 Å². The number of ether oxygens (including phenoxy) is 2. The third-order valence-electron chi connectivity index (χ3n) is 4.91. The molecule has 2 aromatic rings. The average molecular weight is 338 g/mol. The Bertz CT molecular complexity index is 740. The maximum absolute atomic E-state index is 12.8. The molecule has 5 heteroatoms. The summed E-state index contributed by atoms with van der Waals surface area (Å²) < 4.78 is 11.1. The molecule has 130 valence electrons. The number of rotatable bonds is 4. The molecular formula is C20H22N2O3. The van der Waals surface area contributed by atoms with Gasteiger partial charge in [0, 0.05) is 30.4 Å². The minimum absolute atomic E-state index is 0.0905. The fourth-order valence-corrected chi connectivity index (χ4v) is 3.54. The van der Waals surface area contributed by atoms with E-state index >= 15 is 0 Å². The van der Waals surface area contributed by atoms with Gasteiger partial charge in [-0.1, -0.05) is 6.07 Å². The first-order chi connectivity index (χ1) is 12.3. The molecule has 1 fully saturated rings. The molecule has 1 saturated heterocycles. The van der Waals surface area contributed by atoms with E-state index in [0.717, 1.165) is 43.8 Å². The number of likely N-dealkylation sites (tertiary alicyclic amines) is 1. The molecule has 1 aromatic heterocycles. The number of ketones is 1. The first-order valence-corrected chi connectivity index (χ1v) is 8.85. The smallest absolute Gasteiger partial charge is 0.166 e. The number of nitrogens with zero attached hydrogens (tertiary/aromatic N) is 2. The van der Waals surface area contributed by atoms with E-state index in [2.05, 4.69) is 16.0 Å². The third-order valence-corrected chi connectivity index (χ3v) is 4.91. The highest BCUT2D eigenvalue weighted by atomic mass is 16.6. The second-order valence-electron chi connectivity index (χ2n) is 6.63. The van der Waals surface area contributed by atoms with Gasteiger partial charge >= 0.3 is 0 Å². The second kappa shape index (κ2) is 7.23. The Morgan fingerprint density at radius 1 is 1.12 bits per heavy atom. The standard InChI is InChI=1S/C20H22N2O3/c23-20(17-3-4-18-19(12-17)25-11-10-24-18)16-5-8-22(9-6-16)14-15-2-1-7-21-13-15/h1-4,7,12-13,16H,5-6,8-11,14H2. The number of fused-ring (bicyclic) bond motifs is 1. The molecule has 1 aromatic carbocycles. The molecule has 0 radical (unpaired) electrons. The van der Waals surface area contributed by atoms with Gasteiger partial charge in [0.1, 0.15) is 13.2 Å². The van der Waals surface area contributed by atoms with Gasteiger partial charge in [0.15, 0.2) is 17.3 Å². The van der Waals surface area contributed by atoms with E-state index in [9.17, 15) is 4.79 Å². The molecule has 2 aliphatic heterocycles. The van der Waals surface area contributed by atoms with E-state index < -0.39 is 0 Å². The highest BCUT2D eigenvalue weighted by Gasteiger charge is 2.26. The summed E-state index contributed by atoms with van der Waals surface area (Å²) in [6, 6.07) is 9.60. The first kappa shape index (κ1) is 16.1. The van der Waals surface area contributed by atoms with Crippen LogP contribution in [0.4, 0.5) is 0 Å². The van der Waals surface area contributed by atoms with Crippen LogP contribution in [-0.2, 0) is 6.54 Å². The number of carbonyl (C=O) groups excluding carboxylic acids is 1. The number of pyridine rings is 1. The summed E-state index contributed by atoms with van der Waals surface area (Å²) in [5.74, 6) is 1.73. The van der Waals surface area contributed by atoms with Gasteiger partial charge in [0.25, 0.3) is 0 Å². The van der Waals surface area contributed by atoms with Gasteiger partial charge in [-0.15, -0.1) is 0 Å². The van der Waals surface area contributed by atoms with Crippen molar-refractivity contribution in [1.29, 1.82) is 0 Å². The molecule has 0 saturated carbocycles. The number of piperidine rings is 1. The number of benzene rings is 1. The highest BCUT2D eigenvalue weighted by Crippen LogP contribution is 2.32. The zero-order valence-electron chi connectivity index (χ0n) is 14.2. The summed E-state index contributed by atoms with van der Waals surface area (Å²) in [4.78, 5) is 19.4. The SMILES string of the molecule is O=C(c1ccc2c(c1)OCCO2)C1CCN(Cc2cccnc2)CC1. The van der Waals surface area contributed by atoms with E-state index in [4.69, 9.17) is 9.47 Å². The molecule has 0 amide bonds. The molecule has 0 spiro atoms. The first-order valence-electron chi connectivity index (χ1n) is 8.85. The maximum Gasteiger partial charge on any atom is 0.166 e. The zero-order chi connectivity index (χ0) is 17.1. The van der Waals surface area contributed by atoms with Crippen molar-refractivity contribution in [2.75, 3.05) is 26.3 Å². The molecule has 25 heavy (non-hydrogen) atoms. The van der Waals surface area contributed by atoms with Crippen LogP contribution >= 0.6 is 0 Å². The highest BCUT2D eigenvalue weighted by molar-refractivity contribution is 5.98. The summed E-state index contributed by atoms with van der Waals surface area (Å²) >= 11 is 0. The zero-order valence-corrected chi connectivity index (χ0v) is 14.2. The molecule has 0 atom stereocenters. The molecule has 5 nitrogen and oxygen atoms in total. The van der Waals surface area contributed by atoms with Crippen molar-refractivity contribution in [2.24, 2.45) is 5.92 Å². The largest absolute Gasteiger partial charge is 0.486 e. The van der Waals surface area contributed by atoms with Crippen LogP contribution in [0.15, 0.2) is 42.7 Å². The number of hydrogen-bond donors (Lipinski definition) is 0. The fourth-order valence-electron chi connectivity index (χ4n) is 3.54. The monoisotopic (exact) mass is 338 g/mol. The van der Waals surface area contributed by atoms with Crippen molar-refractivity contribution in [3.05, 3.63) is 53.9 Å². The number of hydrogen-bond acceptors (Lipinski definition) is 5. The molecule has 3 heterocycles. The van der Waals surface area contributed by atoms with E-state index in [1.165, 1.54) is 5.56 Å². The number of carbonyl (C=O) groups is 1. The van der Waals surface area contributed by atoms with Crippen LogP contribution in [0.3, 0.4) is 0 Å². The maximum atomic E-state index is 12.8. The Hall–Kier alpha value is -2.40. The lowest BCUT2D eigenvalue weighted by molar-refractivity contribution is 0.0833. The minimum atomic E-state index is 0.0905. The van der Waals surface area contributed by atoms with Crippen molar-refractivity contribution in [3.63, 3.8) is 0 Å². The van der Waals surface area contributed by atoms with Crippen LogP contribution in [-0.4, -0.2) is 42.0 Å². The van der Waals surface area contributed by atoms with Gasteiger partial charge in [-0.05, 0) is 55.8 Å². The number of aromatic nitrogens is 1. The van der Waals surface area contributed by atoms with Gasteiger partial charge < -0.3 is 9.47 Å². The summed E-state index contributed by atoms with van der Waals surface area (Å²) in [7, 11) is 0. The van der Waals surface area contributed by atoms with Crippen molar-refractivity contribution in [3.8, 4) is 11.5 Å². The van der Waals surface area contributed by atoms with E-state index in [1.807, 2.05) is 30.5 Å². The Morgan fingerprint density at radius 3 is 2.68 bits per heavy atom. The molecule has 0 bridgehead atoms. The van der Waals surface area contributed by atoms with Crippen molar-refractivity contribution in [1.82, 2.24) is 9.88 Å². The molecule has 4 rings (SSSR count). The van der Waals surface area contributed by atoms with Gasteiger partial charge in [0.05, 0.1) is 0 Å². The van der Waals surface area contributed by atoms with Crippen LogP contribution < -0.4 is 9.47 Å². The molecule has 2 aliphatic rings. The Morgan fingerprint density at radius 2 is 1.92 bits per heavy atom. The summed E-state index contributed by atoms with van der Waals surface area (Å²) in [5, 5.41) is 0. The minimum Gasteiger partial charge on any atom is -0.486 e. The van der Waals surface area contributed by atoms with Crippen LogP contribution in [0.2, 0.25) is 0 Å². The van der Waals surface area contributed by atoms with Gasteiger partial charge in [0.2, 0.25) is 0 Å². The van der Waals surface area contributed by atoms with Crippen molar-refractivity contribution < 1.29 is 14.3 Å². The molecule has 0 N–H and O–H groups in total. The molecule has 0 aliphatic carbocycles. The van der Waals surface area contributed by atoms with E-state index in [1.54, 1.807) is 6.20 Å². The van der Waals surface area contributed by atoms with Gasteiger partial charge in [-0.25, -0.2) is 0 Å². The second-order valence-corrected chi connectivity index (χ2v) is 6.63. The van der Waals surface area contributed by atoms with E-state index in [0.29, 0.717) is 19.0 Å². The predicted molar refractivity (Wildman–Crippen MR) is 94.0 cm³/mol. The molecule has 0 unspecified atom stereocenters. The Kier molecular flexibility index (Phi) is 4.65. The van der Waals surface area contributed by atoms with Crippen LogP contribution in [0, 0.1) is 5.92 Å². The summed E-state index contributed by atoms with van der Waals surface area (Å²) in [6.45, 7) is 3.89. The van der Waals surface area contributed by atoms with Crippen LogP contribution in [0.1, 0.15) is 28.8 Å². The fraction of sp³-hybridized carbons (Fsp3) is 0.400. The van der Waals surface area contributed by atoms with E-state index in [-0.39, 0.29) is 11.7 Å². The lowest BCUT2D eigenvalue weighted by atomic mass is 9.88. The third kappa shape index (κ3) is 3.66. The van der Waals surface area contributed by atoms with Crippen LogP contribution in [0.5, 0.6) is 11.5 Å². The van der Waals surface area contributed by atoms with Crippen LogP contribution in [0.25, 0.3) is 0 Å². The van der Waals surface area contributed by atoms with Gasteiger partial charge in [-0.3, -0.25) is 14.7 Å². The lowest BCUT2D eigenvalue weighted by Gasteiger charge is -2.31. The number of Topliss-reactive ketones (excluding diaryl/α,β-unsaturated/α-hetero) is 1. The quantitative estimate of drug-likeness (QED) is 0.802. The average Bonchev–Trinajstić information content (AvgIpc) is 2.68. The summed E-state index contributed by atoms with van der Waals surface area (Å²) in [6.07, 6.45) is 5.50. The Balaban J connectivity index is 1.36. The predicted octanol–water partition coefficient (Wildman–Crippen LogP) is 2.95. The Labute approximate surface area is 147 Å². The lowest BCUT2D eigenvalue weighted by Crippen LogP contribution is -2.36. The van der Waals surface area contributed by atoms with Crippen molar-refractivity contribution >= 4 is 5.78 Å².